The van der Waals surface area contributed by atoms with Crippen molar-refractivity contribution >= 4 is 0 Å². The van der Waals surface area contributed by atoms with Crippen molar-refractivity contribution in [2.24, 2.45) is 53.3 Å². The molecule has 0 heteroatoms. The molecule has 19 aliphatic carbocycles. The summed E-state index contributed by atoms with van der Waals surface area (Å²) in [6, 6.07) is 17.5. The topological polar surface area (TPSA) is 0 Å². The molecule has 0 spiro atoms. The van der Waals surface area contributed by atoms with Gasteiger partial charge >= 0.3 is 0 Å². The van der Waals surface area contributed by atoms with Gasteiger partial charge in [-0.1, -0.05) is 392 Å². The third-order valence-electron chi connectivity index (χ3n) is 25.9. The Balaban J connectivity index is 0.000000153. The molecule has 2 aromatic rings. The fourth-order valence-corrected chi connectivity index (χ4v) is 19.1. The van der Waals surface area contributed by atoms with Crippen LogP contribution in [0.1, 0.15) is 434 Å². The largest absolute Gasteiger partial charge is 0.0885 e. The molecule has 12 saturated carbocycles. The van der Waals surface area contributed by atoms with Gasteiger partial charge in [0.2, 0.25) is 0 Å². The van der Waals surface area contributed by atoms with Crippen molar-refractivity contribution < 1.29 is 0 Å². The van der Waals surface area contributed by atoms with Crippen molar-refractivity contribution in [1.29, 1.82) is 0 Å². The highest BCUT2D eigenvalue weighted by Crippen LogP contribution is 2.45. The number of hydrogen-bond donors (Lipinski definition) is 0. The van der Waals surface area contributed by atoms with Crippen molar-refractivity contribution in [3.05, 3.63) is 144 Å². The van der Waals surface area contributed by atoms with Gasteiger partial charge in [0.1, 0.15) is 0 Å². The zero-order valence-corrected chi connectivity index (χ0v) is 67.1. The molecule has 4 unspecified atom stereocenters. The molecule has 19 aliphatic rings. The molecule has 0 N–H and O–H groups in total. The highest BCUT2D eigenvalue weighted by Gasteiger charge is 2.31. The molecule has 4 atom stereocenters. The lowest BCUT2D eigenvalue weighted by Gasteiger charge is -2.37. The van der Waals surface area contributed by atoms with Gasteiger partial charge in [-0.05, 0) is 242 Å². The van der Waals surface area contributed by atoms with Crippen LogP contribution in [0.2, 0.25) is 0 Å². The molecule has 21 rings (SSSR count). The average Bonchev–Trinajstić information content (AvgIpc) is 1.85. The third-order valence-corrected chi connectivity index (χ3v) is 25.9. The Morgan fingerprint density at radius 1 is 0.218 bits per heavy atom. The minimum Gasteiger partial charge on any atom is -0.0885 e. The fourth-order valence-electron chi connectivity index (χ4n) is 19.1. The highest BCUT2D eigenvalue weighted by molar-refractivity contribution is 5.31. The van der Waals surface area contributed by atoms with E-state index in [1.54, 1.807) is 99.3 Å². The molecule has 2 aromatic carbocycles. The molecule has 0 radical (unpaired) electrons. The maximum absolute atomic E-state index is 2.44. The second-order valence-electron chi connectivity index (χ2n) is 35.2. The maximum Gasteiger partial charge on any atom is -0.0163 e. The lowest BCUT2D eigenvalue weighted by Crippen LogP contribution is -2.25. The number of aryl methyl sites for hydroxylation is 4. The summed E-state index contributed by atoms with van der Waals surface area (Å²) < 4.78 is 0. The SMILES string of the molecule is C1=CC2CCC1C2.C1=CCC=C1.C1=CCCC1.C1=CCCCC1.C1=CCCCCC1.C1CC1.C1CC2CCC1C2.C1CCC1.C1CCC2CCCCC2C1.C1CCCC1.C1CCCCC1.C1CCCCCC1.CC1CC2CCCC(C1)C2.c1ccc2c(c1)CCC2.c1ccc2c(c1)CCCC2. The minimum absolute atomic E-state index is 0.991. The molecule has 570 valence electrons. The molecule has 0 amide bonds. The van der Waals surface area contributed by atoms with E-state index in [1.165, 1.54) is 359 Å². The number of allylic oxidation sites excluding steroid dienone is 12. The summed E-state index contributed by atoms with van der Waals surface area (Å²) in [6.07, 6.45) is 125. The van der Waals surface area contributed by atoms with Gasteiger partial charge in [0.15, 0.2) is 0 Å². The number of rotatable bonds is 0. The summed E-state index contributed by atoms with van der Waals surface area (Å²) >= 11 is 0. The predicted molar refractivity (Wildman–Crippen MR) is 450 cm³/mol. The first-order valence-corrected chi connectivity index (χ1v) is 46.2. The van der Waals surface area contributed by atoms with E-state index in [0.717, 1.165) is 47.8 Å². The van der Waals surface area contributed by atoms with E-state index < -0.39 is 0 Å². The van der Waals surface area contributed by atoms with Crippen LogP contribution < -0.4 is 0 Å². The molecule has 0 aliphatic heterocycles. The van der Waals surface area contributed by atoms with Gasteiger partial charge in [0, 0.05) is 0 Å². The third kappa shape index (κ3) is 43.3. The van der Waals surface area contributed by atoms with Crippen molar-refractivity contribution in [3.8, 4) is 0 Å². The Hall–Kier alpha value is -3.12. The molecular weight excluding hydrogens is 1210 g/mol. The van der Waals surface area contributed by atoms with Crippen molar-refractivity contribution in [1.82, 2.24) is 0 Å². The van der Waals surface area contributed by atoms with Crippen LogP contribution in [0.25, 0.3) is 0 Å². The van der Waals surface area contributed by atoms with Crippen LogP contribution in [0.4, 0.5) is 0 Å². The first-order valence-electron chi connectivity index (χ1n) is 46.2. The van der Waals surface area contributed by atoms with Crippen molar-refractivity contribution in [2.75, 3.05) is 0 Å². The Bertz CT molecular complexity index is 2210. The van der Waals surface area contributed by atoms with Crippen LogP contribution in [0, 0.1) is 53.3 Å². The maximum atomic E-state index is 2.44. The molecule has 0 aromatic heterocycles. The van der Waals surface area contributed by atoms with Crippen LogP contribution in [0.5, 0.6) is 0 Å². The van der Waals surface area contributed by atoms with Gasteiger partial charge in [0.25, 0.3) is 0 Å². The van der Waals surface area contributed by atoms with Crippen LogP contribution in [-0.2, 0) is 25.7 Å². The Labute approximate surface area is 630 Å². The van der Waals surface area contributed by atoms with Crippen LogP contribution in [0.3, 0.4) is 0 Å². The Morgan fingerprint density at radius 2 is 0.505 bits per heavy atom. The molecule has 0 nitrogen and oxygen atoms in total. The summed E-state index contributed by atoms with van der Waals surface area (Å²) in [5.41, 5.74) is 6.29. The monoisotopic (exact) mass is 1380 g/mol. The van der Waals surface area contributed by atoms with Crippen LogP contribution in [-0.4, -0.2) is 0 Å². The molecule has 0 heterocycles. The number of benzene rings is 2. The Morgan fingerprint density at radius 3 is 0.752 bits per heavy atom. The van der Waals surface area contributed by atoms with Gasteiger partial charge in [-0.15, -0.1) is 0 Å². The van der Waals surface area contributed by atoms with E-state index >= 15 is 0 Å². The average molecular weight is 1380 g/mol. The van der Waals surface area contributed by atoms with Crippen LogP contribution in [0.15, 0.2) is 121 Å². The predicted octanol–water partition coefficient (Wildman–Crippen LogP) is 33.1. The van der Waals surface area contributed by atoms with Crippen LogP contribution >= 0.6 is 0 Å². The van der Waals surface area contributed by atoms with Gasteiger partial charge < -0.3 is 0 Å². The summed E-state index contributed by atoms with van der Waals surface area (Å²) in [5, 5.41) is 0. The number of fused-ring (bicyclic) bond motifs is 9. The van der Waals surface area contributed by atoms with Crippen molar-refractivity contribution in [2.45, 2.75) is 437 Å². The molecule has 101 heavy (non-hydrogen) atoms. The lowest BCUT2D eigenvalue weighted by molar-refractivity contribution is 0.146. The fraction of sp³-hybridized carbons (Fsp3) is 0.762. The first kappa shape index (κ1) is 85.1. The quantitative estimate of drug-likeness (QED) is 0.182. The highest BCUT2D eigenvalue weighted by atomic mass is 14.4. The summed E-state index contributed by atoms with van der Waals surface area (Å²) in [4.78, 5) is 0. The summed E-state index contributed by atoms with van der Waals surface area (Å²) in [5.74, 6) is 9.93. The lowest BCUT2D eigenvalue weighted by atomic mass is 9.69. The zero-order valence-electron chi connectivity index (χ0n) is 67.1. The minimum atomic E-state index is 0.991. The molecular formula is C101H166. The van der Waals surface area contributed by atoms with E-state index in [0.29, 0.717) is 0 Å². The second-order valence-corrected chi connectivity index (χ2v) is 35.2. The smallest absolute Gasteiger partial charge is 0.0163 e. The van der Waals surface area contributed by atoms with E-state index in [1.807, 2.05) is 0 Å². The van der Waals surface area contributed by atoms with Gasteiger partial charge in [-0.25, -0.2) is 0 Å². The summed E-state index contributed by atoms with van der Waals surface area (Å²) in [6.45, 7) is 2.44. The normalized spacial score (nSPS) is 28.8. The standard InChI is InChI=1S/2C10H18.C10H12.C9H10.C7H12.C7H10.C7H14.C7H12.C6H12.C6H10.C5H10.C5H8.C5H6.C4H8.C3H6/c1-8-5-9-3-2-4-10(6-8)7-9;2*1-2-6-10-8-4-3-7-9(10)5-1;1-2-5-9-7-3-6-8(9)4-1;2*1-2-7-4-3-6(1)5-7;2*1-2-4-6-7-5-3-1;2*1-2-4-6-5-3-1;3*1-2-4-5-3-1;1-2-4-3-1;1-2-3-1/h8-10H,2-7H2,1H3;9-10H,1-8H2;1-2,5-6H,3-4,7-8H2;1-2,4-5H,3,6-7H2;6-7H,1-5H2;1-2,6-7H,3-5H2;1-7H2;1-2H,3-7H2;1-6H2;1-2H,3-6H2;1-5H2;1-2H,3-5H2;1-4H,5H2;1-4H2;1-3H2. The van der Waals surface area contributed by atoms with E-state index in [9.17, 15) is 0 Å². The van der Waals surface area contributed by atoms with Gasteiger partial charge in [-0.2, -0.15) is 0 Å². The summed E-state index contributed by atoms with van der Waals surface area (Å²) in [7, 11) is 0. The van der Waals surface area contributed by atoms with E-state index in [-0.39, 0.29) is 0 Å². The Kier molecular flexibility index (Phi) is 49.7. The number of hydrogen-bond acceptors (Lipinski definition) is 0. The molecule has 0 saturated heterocycles. The van der Waals surface area contributed by atoms with E-state index in [4.69, 9.17) is 0 Å². The molecule has 12 fully saturated rings. The van der Waals surface area contributed by atoms with Crippen molar-refractivity contribution in [3.63, 3.8) is 0 Å². The zero-order chi connectivity index (χ0) is 70.0. The van der Waals surface area contributed by atoms with Gasteiger partial charge in [-0.3, -0.25) is 0 Å². The van der Waals surface area contributed by atoms with E-state index in [2.05, 4.69) is 128 Å². The van der Waals surface area contributed by atoms with Gasteiger partial charge in [0.05, 0.1) is 0 Å². The molecule has 6 bridgehead atoms. The first-order chi connectivity index (χ1) is 50.1. The second kappa shape index (κ2) is 59.0.